The standard InChI is InChI=1S/C11H13ClN2O/c1-2-7(6-13)11-14-9-5-8(12)3-4-10(9)15-11/h3-5,7H,2,6,13H2,1H3. The van der Waals surface area contributed by atoms with Crippen LogP contribution in [0.5, 0.6) is 0 Å². The molecule has 15 heavy (non-hydrogen) atoms. The van der Waals surface area contributed by atoms with Crippen molar-refractivity contribution < 1.29 is 4.42 Å². The van der Waals surface area contributed by atoms with Crippen LogP contribution in [0.2, 0.25) is 5.02 Å². The third-order valence-corrected chi connectivity index (χ3v) is 2.73. The van der Waals surface area contributed by atoms with Gasteiger partial charge in [-0.3, -0.25) is 0 Å². The number of hydrogen-bond donors (Lipinski definition) is 1. The van der Waals surface area contributed by atoms with E-state index in [2.05, 4.69) is 11.9 Å². The zero-order valence-electron chi connectivity index (χ0n) is 8.53. The minimum absolute atomic E-state index is 0.191. The summed E-state index contributed by atoms with van der Waals surface area (Å²) in [4.78, 5) is 4.38. The fraction of sp³-hybridized carbons (Fsp3) is 0.364. The van der Waals surface area contributed by atoms with Gasteiger partial charge in [0.15, 0.2) is 11.5 Å². The van der Waals surface area contributed by atoms with Crippen molar-refractivity contribution in [2.45, 2.75) is 19.3 Å². The van der Waals surface area contributed by atoms with Crippen molar-refractivity contribution in [2.24, 2.45) is 5.73 Å². The lowest BCUT2D eigenvalue weighted by atomic mass is 10.1. The number of benzene rings is 1. The molecule has 2 N–H and O–H groups in total. The molecule has 0 bridgehead atoms. The van der Waals surface area contributed by atoms with Crippen LogP contribution in [-0.4, -0.2) is 11.5 Å². The van der Waals surface area contributed by atoms with Gasteiger partial charge >= 0.3 is 0 Å². The molecule has 2 rings (SSSR count). The van der Waals surface area contributed by atoms with Crippen molar-refractivity contribution in [1.82, 2.24) is 4.98 Å². The topological polar surface area (TPSA) is 52.0 Å². The summed E-state index contributed by atoms with van der Waals surface area (Å²) >= 11 is 5.87. The Kier molecular flexibility index (Phi) is 2.93. The SMILES string of the molecule is CCC(CN)c1nc2cc(Cl)ccc2o1. The van der Waals surface area contributed by atoms with E-state index in [1.165, 1.54) is 0 Å². The van der Waals surface area contributed by atoms with Gasteiger partial charge in [-0.05, 0) is 24.6 Å². The van der Waals surface area contributed by atoms with Gasteiger partial charge in [-0.2, -0.15) is 0 Å². The minimum atomic E-state index is 0.191. The molecule has 0 spiro atoms. The van der Waals surface area contributed by atoms with Gasteiger partial charge in [0.25, 0.3) is 0 Å². The van der Waals surface area contributed by atoms with Crippen LogP contribution in [0.1, 0.15) is 25.2 Å². The smallest absolute Gasteiger partial charge is 0.199 e. The summed E-state index contributed by atoms with van der Waals surface area (Å²) in [5, 5.41) is 0.670. The fourth-order valence-corrected chi connectivity index (χ4v) is 1.70. The zero-order chi connectivity index (χ0) is 10.8. The van der Waals surface area contributed by atoms with Crippen LogP contribution < -0.4 is 5.73 Å². The quantitative estimate of drug-likeness (QED) is 0.872. The molecule has 1 atom stereocenters. The number of nitrogens with zero attached hydrogens (tertiary/aromatic N) is 1. The number of aromatic nitrogens is 1. The zero-order valence-corrected chi connectivity index (χ0v) is 9.29. The molecule has 0 saturated heterocycles. The molecule has 0 radical (unpaired) electrons. The highest BCUT2D eigenvalue weighted by Crippen LogP contribution is 2.24. The molecule has 1 unspecified atom stereocenters. The number of oxazole rings is 1. The first-order valence-corrected chi connectivity index (χ1v) is 5.38. The number of nitrogens with two attached hydrogens (primary N) is 1. The molecular weight excluding hydrogens is 212 g/mol. The Morgan fingerprint density at radius 2 is 2.33 bits per heavy atom. The Hall–Kier alpha value is -1.06. The lowest BCUT2D eigenvalue weighted by molar-refractivity contribution is 0.465. The van der Waals surface area contributed by atoms with E-state index in [1.54, 1.807) is 12.1 Å². The second-order valence-corrected chi connectivity index (χ2v) is 3.94. The first-order valence-electron chi connectivity index (χ1n) is 5.00. The summed E-state index contributed by atoms with van der Waals surface area (Å²) in [6.45, 7) is 2.62. The minimum Gasteiger partial charge on any atom is -0.440 e. The van der Waals surface area contributed by atoms with Crippen molar-refractivity contribution >= 4 is 22.7 Å². The predicted octanol–water partition coefficient (Wildman–Crippen LogP) is 2.93. The van der Waals surface area contributed by atoms with Crippen LogP contribution in [-0.2, 0) is 0 Å². The maximum atomic E-state index is 5.87. The van der Waals surface area contributed by atoms with Crippen LogP contribution in [0, 0.1) is 0 Å². The summed E-state index contributed by atoms with van der Waals surface area (Å²) in [6.07, 6.45) is 0.928. The van der Waals surface area contributed by atoms with E-state index in [1.807, 2.05) is 6.07 Å². The first kappa shape index (κ1) is 10.5. The molecular formula is C11H13ClN2O. The Morgan fingerprint density at radius 3 is 3.00 bits per heavy atom. The van der Waals surface area contributed by atoms with Gasteiger partial charge in [-0.25, -0.2) is 4.98 Å². The summed E-state index contributed by atoms with van der Waals surface area (Å²) in [5.74, 6) is 0.897. The molecule has 0 saturated carbocycles. The molecule has 0 amide bonds. The third kappa shape index (κ3) is 1.98. The van der Waals surface area contributed by atoms with E-state index in [9.17, 15) is 0 Å². The fourth-order valence-electron chi connectivity index (χ4n) is 1.54. The normalized spacial score (nSPS) is 13.3. The number of fused-ring (bicyclic) bond motifs is 1. The van der Waals surface area contributed by atoms with Gasteiger partial charge in [0, 0.05) is 17.5 Å². The van der Waals surface area contributed by atoms with Gasteiger partial charge in [0.2, 0.25) is 0 Å². The Morgan fingerprint density at radius 1 is 1.53 bits per heavy atom. The van der Waals surface area contributed by atoms with Crippen LogP contribution >= 0.6 is 11.6 Å². The van der Waals surface area contributed by atoms with Crippen molar-refractivity contribution in [2.75, 3.05) is 6.54 Å². The second kappa shape index (κ2) is 4.21. The number of rotatable bonds is 3. The van der Waals surface area contributed by atoms with Crippen molar-refractivity contribution in [3.63, 3.8) is 0 Å². The molecule has 0 aliphatic carbocycles. The van der Waals surface area contributed by atoms with Crippen LogP contribution in [0.4, 0.5) is 0 Å². The van der Waals surface area contributed by atoms with Crippen LogP contribution in [0.3, 0.4) is 0 Å². The van der Waals surface area contributed by atoms with E-state index >= 15 is 0 Å². The van der Waals surface area contributed by atoms with Gasteiger partial charge in [0.05, 0.1) is 0 Å². The molecule has 2 aromatic rings. The number of hydrogen-bond acceptors (Lipinski definition) is 3. The highest BCUT2D eigenvalue weighted by Gasteiger charge is 2.14. The maximum Gasteiger partial charge on any atom is 0.199 e. The van der Waals surface area contributed by atoms with E-state index in [0.717, 1.165) is 17.5 Å². The summed E-state index contributed by atoms with van der Waals surface area (Å²) in [7, 11) is 0. The molecule has 0 aliphatic rings. The monoisotopic (exact) mass is 224 g/mol. The highest BCUT2D eigenvalue weighted by atomic mass is 35.5. The van der Waals surface area contributed by atoms with Gasteiger partial charge in [0.1, 0.15) is 5.52 Å². The average molecular weight is 225 g/mol. The molecule has 4 heteroatoms. The molecule has 1 aromatic heterocycles. The second-order valence-electron chi connectivity index (χ2n) is 3.51. The van der Waals surface area contributed by atoms with Crippen LogP contribution in [0.15, 0.2) is 22.6 Å². The lowest BCUT2D eigenvalue weighted by Crippen LogP contribution is -2.11. The van der Waals surface area contributed by atoms with Crippen molar-refractivity contribution in [3.8, 4) is 0 Å². The van der Waals surface area contributed by atoms with Crippen molar-refractivity contribution in [3.05, 3.63) is 29.1 Å². The third-order valence-electron chi connectivity index (χ3n) is 2.49. The Bertz CT molecular complexity index is 463. The predicted molar refractivity (Wildman–Crippen MR) is 61.1 cm³/mol. The molecule has 0 aliphatic heterocycles. The van der Waals surface area contributed by atoms with E-state index in [4.69, 9.17) is 21.8 Å². The molecule has 1 aromatic carbocycles. The molecule has 1 heterocycles. The Balaban J connectivity index is 2.46. The largest absolute Gasteiger partial charge is 0.440 e. The first-order chi connectivity index (χ1) is 7.24. The van der Waals surface area contributed by atoms with Gasteiger partial charge in [-0.1, -0.05) is 18.5 Å². The highest BCUT2D eigenvalue weighted by molar-refractivity contribution is 6.31. The molecule has 80 valence electrons. The maximum absolute atomic E-state index is 5.87. The molecule has 3 nitrogen and oxygen atoms in total. The summed E-state index contributed by atoms with van der Waals surface area (Å²) in [5.41, 5.74) is 7.20. The molecule has 0 fully saturated rings. The Labute approximate surface area is 93.2 Å². The summed E-state index contributed by atoms with van der Waals surface area (Å²) < 4.78 is 5.62. The summed E-state index contributed by atoms with van der Waals surface area (Å²) in [6, 6.07) is 5.42. The van der Waals surface area contributed by atoms with E-state index < -0.39 is 0 Å². The number of halogens is 1. The average Bonchev–Trinajstić information content (AvgIpc) is 2.62. The van der Waals surface area contributed by atoms with Gasteiger partial charge < -0.3 is 10.2 Å². The van der Waals surface area contributed by atoms with E-state index in [-0.39, 0.29) is 5.92 Å². The van der Waals surface area contributed by atoms with Gasteiger partial charge in [-0.15, -0.1) is 0 Å². The van der Waals surface area contributed by atoms with E-state index in [0.29, 0.717) is 17.5 Å². The van der Waals surface area contributed by atoms with Crippen molar-refractivity contribution in [1.29, 1.82) is 0 Å². The lowest BCUT2D eigenvalue weighted by Gasteiger charge is -2.05. The van der Waals surface area contributed by atoms with Crippen LogP contribution in [0.25, 0.3) is 11.1 Å².